The molecule has 1 heterocycles. The Kier molecular flexibility index (Phi) is 4.54. The van der Waals surface area contributed by atoms with Gasteiger partial charge in [-0.15, -0.1) is 0 Å². The van der Waals surface area contributed by atoms with Crippen LogP contribution in [0, 0.1) is 11.6 Å². The van der Waals surface area contributed by atoms with Gasteiger partial charge in [0.15, 0.2) is 5.75 Å². The molecular formula is C14H18F2N4O. The van der Waals surface area contributed by atoms with Gasteiger partial charge in [0.05, 0.1) is 19.3 Å². The van der Waals surface area contributed by atoms with Crippen LogP contribution in [-0.4, -0.2) is 16.9 Å². The second-order valence-corrected chi connectivity index (χ2v) is 4.94. The summed E-state index contributed by atoms with van der Waals surface area (Å²) in [5.74, 6) is 4.76. The Morgan fingerprint density at radius 2 is 1.86 bits per heavy atom. The van der Waals surface area contributed by atoms with Crippen LogP contribution >= 0.6 is 0 Å². The van der Waals surface area contributed by atoms with Crippen LogP contribution in [0.25, 0.3) is 0 Å². The Balaban J connectivity index is 2.57. The quantitative estimate of drug-likeness (QED) is 0.656. The molecule has 0 saturated carbocycles. The number of benzene rings is 1. The SMILES string of the molecule is COc1cnn(C(C)C)c1C(NN)c1cc(F)cc(F)c1. The van der Waals surface area contributed by atoms with Crippen LogP contribution in [0.1, 0.15) is 37.2 Å². The fraction of sp³-hybridized carbons (Fsp3) is 0.357. The number of nitrogens with zero attached hydrogens (tertiary/aromatic N) is 2. The van der Waals surface area contributed by atoms with Gasteiger partial charge in [-0.25, -0.2) is 14.2 Å². The molecule has 2 rings (SSSR count). The van der Waals surface area contributed by atoms with Crippen molar-refractivity contribution >= 4 is 0 Å². The Bertz CT molecular complexity index is 607. The average Bonchev–Trinajstić information content (AvgIpc) is 2.82. The summed E-state index contributed by atoms with van der Waals surface area (Å²) in [6.45, 7) is 3.88. The highest BCUT2D eigenvalue weighted by atomic mass is 19.1. The molecule has 0 spiro atoms. The first-order valence-electron chi connectivity index (χ1n) is 6.51. The summed E-state index contributed by atoms with van der Waals surface area (Å²) in [5, 5.41) is 4.23. The summed E-state index contributed by atoms with van der Waals surface area (Å²) in [6.07, 6.45) is 1.55. The van der Waals surface area contributed by atoms with Crippen LogP contribution in [0.15, 0.2) is 24.4 Å². The highest BCUT2D eigenvalue weighted by molar-refractivity contribution is 5.37. The van der Waals surface area contributed by atoms with Gasteiger partial charge in [-0.05, 0) is 31.5 Å². The molecule has 114 valence electrons. The summed E-state index contributed by atoms with van der Waals surface area (Å²) >= 11 is 0. The van der Waals surface area contributed by atoms with E-state index in [-0.39, 0.29) is 6.04 Å². The minimum absolute atomic E-state index is 0.0400. The van der Waals surface area contributed by atoms with E-state index in [0.29, 0.717) is 17.0 Å². The van der Waals surface area contributed by atoms with E-state index < -0.39 is 17.7 Å². The van der Waals surface area contributed by atoms with Gasteiger partial charge in [-0.2, -0.15) is 5.10 Å². The van der Waals surface area contributed by atoms with E-state index in [1.165, 1.54) is 19.2 Å². The molecule has 0 aliphatic heterocycles. The number of hydrazine groups is 1. The normalized spacial score (nSPS) is 12.7. The van der Waals surface area contributed by atoms with Gasteiger partial charge in [0, 0.05) is 12.1 Å². The van der Waals surface area contributed by atoms with E-state index >= 15 is 0 Å². The predicted octanol–water partition coefficient (Wildman–Crippen LogP) is 2.30. The van der Waals surface area contributed by atoms with Gasteiger partial charge in [0.25, 0.3) is 0 Å². The number of hydrogen-bond acceptors (Lipinski definition) is 4. The first-order chi connectivity index (χ1) is 9.97. The number of halogens is 2. The first kappa shape index (κ1) is 15.4. The van der Waals surface area contributed by atoms with Crippen molar-refractivity contribution in [2.45, 2.75) is 25.9 Å². The molecule has 5 nitrogen and oxygen atoms in total. The fourth-order valence-electron chi connectivity index (χ4n) is 2.27. The zero-order chi connectivity index (χ0) is 15.6. The van der Waals surface area contributed by atoms with Crippen molar-refractivity contribution in [1.82, 2.24) is 15.2 Å². The smallest absolute Gasteiger partial charge is 0.161 e. The van der Waals surface area contributed by atoms with Gasteiger partial charge >= 0.3 is 0 Å². The van der Waals surface area contributed by atoms with E-state index in [2.05, 4.69) is 10.5 Å². The number of hydrogen-bond donors (Lipinski definition) is 2. The Morgan fingerprint density at radius 3 is 2.33 bits per heavy atom. The second-order valence-electron chi connectivity index (χ2n) is 4.94. The molecule has 0 amide bonds. The van der Waals surface area contributed by atoms with E-state index in [9.17, 15) is 8.78 Å². The molecule has 0 aliphatic rings. The maximum absolute atomic E-state index is 13.4. The van der Waals surface area contributed by atoms with Crippen LogP contribution in [0.2, 0.25) is 0 Å². The molecule has 0 radical (unpaired) electrons. The lowest BCUT2D eigenvalue weighted by Gasteiger charge is -2.21. The van der Waals surface area contributed by atoms with Crippen molar-refractivity contribution in [1.29, 1.82) is 0 Å². The average molecular weight is 296 g/mol. The molecule has 1 aromatic carbocycles. The van der Waals surface area contributed by atoms with Crippen molar-refractivity contribution in [3.05, 3.63) is 47.3 Å². The molecule has 0 aliphatic carbocycles. The van der Waals surface area contributed by atoms with Crippen molar-refractivity contribution in [2.75, 3.05) is 7.11 Å². The predicted molar refractivity (Wildman–Crippen MR) is 74.7 cm³/mol. The van der Waals surface area contributed by atoms with E-state index in [1.54, 1.807) is 10.9 Å². The third kappa shape index (κ3) is 3.03. The number of nitrogens with one attached hydrogen (secondary N) is 1. The molecule has 0 bridgehead atoms. The van der Waals surface area contributed by atoms with Gasteiger partial charge in [0.2, 0.25) is 0 Å². The number of aromatic nitrogens is 2. The fourth-order valence-corrected chi connectivity index (χ4v) is 2.27. The monoisotopic (exact) mass is 296 g/mol. The molecule has 21 heavy (non-hydrogen) atoms. The van der Waals surface area contributed by atoms with Crippen LogP contribution in [0.5, 0.6) is 5.75 Å². The van der Waals surface area contributed by atoms with Crippen molar-refractivity contribution in [3.8, 4) is 5.75 Å². The third-order valence-electron chi connectivity index (χ3n) is 3.17. The van der Waals surface area contributed by atoms with Gasteiger partial charge in [-0.1, -0.05) is 0 Å². The number of methoxy groups -OCH3 is 1. The topological polar surface area (TPSA) is 65.1 Å². The molecule has 1 unspecified atom stereocenters. The van der Waals surface area contributed by atoms with Crippen molar-refractivity contribution < 1.29 is 13.5 Å². The van der Waals surface area contributed by atoms with Gasteiger partial charge in [0.1, 0.15) is 17.3 Å². The lowest BCUT2D eigenvalue weighted by molar-refractivity contribution is 0.393. The zero-order valence-corrected chi connectivity index (χ0v) is 12.1. The maximum Gasteiger partial charge on any atom is 0.161 e. The number of rotatable bonds is 5. The van der Waals surface area contributed by atoms with Crippen molar-refractivity contribution in [2.24, 2.45) is 5.84 Å². The molecule has 0 fully saturated rings. The first-order valence-corrected chi connectivity index (χ1v) is 6.51. The van der Waals surface area contributed by atoms with E-state index in [4.69, 9.17) is 10.6 Å². The lowest BCUT2D eigenvalue weighted by atomic mass is 10.0. The Morgan fingerprint density at radius 1 is 1.24 bits per heavy atom. The molecule has 2 aromatic rings. The third-order valence-corrected chi connectivity index (χ3v) is 3.17. The summed E-state index contributed by atoms with van der Waals surface area (Å²) in [6, 6.07) is 2.66. The Hall–Kier alpha value is -1.99. The van der Waals surface area contributed by atoms with Crippen molar-refractivity contribution in [3.63, 3.8) is 0 Å². The van der Waals surface area contributed by atoms with Crippen LogP contribution < -0.4 is 16.0 Å². The minimum atomic E-state index is -0.667. The molecular weight excluding hydrogens is 278 g/mol. The highest BCUT2D eigenvalue weighted by Crippen LogP contribution is 2.32. The summed E-state index contributed by atoms with van der Waals surface area (Å²) in [7, 11) is 1.50. The van der Waals surface area contributed by atoms with Crippen LogP contribution in [0.4, 0.5) is 8.78 Å². The molecule has 1 aromatic heterocycles. The standard InChI is InChI=1S/C14H18F2N4O/c1-8(2)20-14(12(21-3)7-18-20)13(19-17)9-4-10(15)6-11(16)5-9/h4-8,13,19H,17H2,1-3H3. The van der Waals surface area contributed by atoms with E-state index in [0.717, 1.165) is 6.07 Å². The van der Waals surface area contributed by atoms with Crippen LogP contribution in [0.3, 0.4) is 0 Å². The molecule has 0 saturated heterocycles. The second kappa shape index (κ2) is 6.19. The lowest BCUT2D eigenvalue weighted by Crippen LogP contribution is -2.31. The van der Waals surface area contributed by atoms with E-state index in [1.807, 2.05) is 13.8 Å². The van der Waals surface area contributed by atoms with Crippen LogP contribution in [-0.2, 0) is 0 Å². The zero-order valence-electron chi connectivity index (χ0n) is 12.1. The number of nitrogens with two attached hydrogens (primary N) is 1. The molecule has 3 N–H and O–H groups in total. The maximum atomic E-state index is 13.4. The summed E-state index contributed by atoms with van der Waals surface area (Å²) in [5.41, 5.74) is 3.54. The minimum Gasteiger partial charge on any atom is -0.493 e. The largest absolute Gasteiger partial charge is 0.493 e. The van der Waals surface area contributed by atoms with Gasteiger partial charge in [-0.3, -0.25) is 10.5 Å². The van der Waals surface area contributed by atoms with Gasteiger partial charge < -0.3 is 4.74 Å². The summed E-state index contributed by atoms with van der Waals surface area (Å²) in [4.78, 5) is 0. The Labute approximate surface area is 121 Å². The highest BCUT2D eigenvalue weighted by Gasteiger charge is 2.24. The summed E-state index contributed by atoms with van der Waals surface area (Å²) < 4.78 is 33.9. The molecule has 1 atom stereocenters. The number of ether oxygens (including phenoxy) is 1. The molecule has 7 heteroatoms.